The average molecular weight is 197 g/mol. The van der Waals surface area contributed by atoms with E-state index in [-0.39, 0.29) is 0 Å². The molecule has 1 heterocycles. The van der Waals surface area contributed by atoms with Crippen molar-refractivity contribution < 1.29 is 5.11 Å². The van der Waals surface area contributed by atoms with Gasteiger partial charge in [-0.25, -0.2) is 0 Å². The van der Waals surface area contributed by atoms with Crippen LogP contribution < -0.4 is 0 Å². The first kappa shape index (κ1) is 8.36. The van der Waals surface area contributed by atoms with Gasteiger partial charge in [0.25, 0.3) is 0 Å². The lowest BCUT2D eigenvalue weighted by Gasteiger charge is -1.98. The van der Waals surface area contributed by atoms with Crippen LogP contribution in [-0.4, -0.2) is 10.1 Å². The van der Waals surface area contributed by atoms with E-state index in [1.165, 1.54) is 0 Å². The van der Waals surface area contributed by atoms with E-state index in [9.17, 15) is 5.11 Å². The monoisotopic (exact) mass is 197 g/mol. The first-order chi connectivity index (χ1) is 7.27. The molecule has 0 spiro atoms. The van der Waals surface area contributed by atoms with Crippen LogP contribution >= 0.6 is 0 Å². The topological polar surface area (TPSA) is 36.0 Å². The van der Waals surface area contributed by atoms with Crippen molar-refractivity contribution in [2.75, 3.05) is 0 Å². The van der Waals surface area contributed by atoms with Gasteiger partial charge in [0.2, 0.25) is 0 Å². The molecule has 3 rings (SSSR count). The molecule has 0 radical (unpaired) electrons. The molecule has 0 bridgehead atoms. The Morgan fingerprint density at radius 2 is 1.80 bits per heavy atom. The maximum Gasteiger partial charge on any atom is 0.142 e. The number of H-pyrrole nitrogens is 1. The van der Waals surface area contributed by atoms with E-state index >= 15 is 0 Å². The van der Waals surface area contributed by atoms with Crippen molar-refractivity contribution in [1.82, 2.24) is 4.98 Å². The quantitative estimate of drug-likeness (QED) is 0.569. The fourth-order valence-corrected chi connectivity index (χ4v) is 2.01. The predicted molar refractivity (Wildman–Crippen MR) is 62.2 cm³/mol. The van der Waals surface area contributed by atoms with E-state index in [1.807, 2.05) is 37.3 Å². The summed E-state index contributed by atoms with van der Waals surface area (Å²) in [5, 5.41) is 12.2. The Balaban J connectivity index is 2.60. The van der Waals surface area contributed by atoms with Gasteiger partial charge in [0.15, 0.2) is 0 Å². The highest BCUT2D eigenvalue weighted by Crippen LogP contribution is 2.32. The summed E-state index contributed by atoms with van der Waals surface area (Å²) in [4.78, 5) is 3.24. The second kappa shape index (κ2) is 2.76. The molecule has 0 saturated carbocycles. The summed E-state index contributed by atoms with van der Waals surface area (Å²) in [6.07, 6.45) is 0. The molecule has 0 aliphatic carbocycles. The Morgan fingerprint density at radius 3 is 2.67 bits per heavy atom. The number of hydrogen-bond donors (Lipinski definition) is 2. The van der Waals surface area contributed by atoms with Gasteiger partial charge in [-0.15, -0.1) is 0 Å². The van der Waals surface area contributed by atoms with E-state index < -0.39 is 0 Å². The van der Waals surface area contributed by atoms with Crippen molar-refractivity contribution in [3.8, 4) is 5.75 Å². The van der Waals surface area contributed by atoms with Gasteiger partial charge in [-0.3, -0.25) is 0 Å². The molecule has 0 amide bonds. The largest absolute Gasteiger partial charge is 0.505 e. The number of nitrogens with one attached hydrogen (secondary N) is 1. The van der Waals surface area contributed by atoms with Crippen LogP contribution in [-0.2, 0) is 0 Å². The third-order valence-corrected chi connectivity index (χ3v) is 2.86. The molecule has 0 unspecified atom stereocenters. The molecule has 15 heavy (non-hydrogen) atoms. The Hall–Kier alpha value is -1.96. The zero-order chi connectivity index (χ0) is 10.4. The summed E-state index contributed by atoms with van der Waals surface area (Å²) in [6, 6.07) is 12.1. The fourth-order valence-electron chi connectivity index (χ4n) is 2.01. The minimum Gasteiger partial charge on any atom is -0.505 e. The van der Waals surface area contributed by atoms with Crippen LogP contribution in [0.25, 0.3) is 21.8 Å². The SMILES string of the molecule is Cc1ccc2c([nH]c3ccccc32)c1O. The maximum absolute atomic E-state index is 9.93. The number of aryl methyl sites for hydroxylation is 1. The Kier molecular flexibility index (Phi) is 1.54. The van der Waals surface area contributed by atoms with Crippen LogP contribution in [0.5, 0.6) is 5.75 Å². The Bertz CT molecular complexity index is 652. The molecule has 0 atom stereocenters. The number of hydrogen-bond acceptors (Lipinski definition) is 1. The fraction of sp³-hybridized carbons (Fsp3) is 0.0769. The highest BCUT2D eigenvalue weighted by atomic mass is 16.3. The number of phenolic OH excluding ortho intramolecular Hbond substituents is 1. The minimum atomic E-state index is 0.351. The Labute approximate surface area is 87.2 Å². The van der Waals surface area contributed by atoms with Crippen LogP contribution in [0.4, 0.5) is 0 Å². The van der Waals surface area contributed by atoms with Crippen molar-refractivity contribution in [1.29, 1.82) is 0 Å². The van der Waals surface area contributed by atoms with Crippen LogP contribution in [0.2, 0.25) is 0 Å². The lowest BCUT2D eigenvalue weighted by molar-refractivity contribution is 0.476. The second-order valence-corrected chi connectivity index (χ2v) is 3.82. The average Bonchev–Trinajstić information content (AvgIpc) is 2.63. The van der Waals surface area contributed by atoms with Crippen LogP contribution in [0.1, 0.15) is 5.56 Å². The molecular formula is C13H11NO. The summed E-state index contributed by atoms with van der Waals surface area (Å²) in [7, 11) is 0. The second-order valence-electron chi connectivity index (χ2n) is 3.82. The van der Waals surface area contributed by atoms with Gasteiger partial charge in [-0.2, -0.15) is 0 Å². The molecule has 2 aromatic carbocycles. The Morgan fingerprint density at radius 1 is 1.00 bits per heavy atom. The number of benzene rings is 2. The highest BCUT2D eigenvalue weighted by Gasteiger charge is 2.08. The number of rotatable bonds is 0. The highest BCUT2D eigenvalue weighted by molar-refractivity contribution is 6.09. The number of fused-ring (bicyclic) bond motifs is 3. The molecule has 3 aromatic rings. The molecule has 2 nitrogen and oxygen atoms in total. The van der Waals surface area contributed by atoms with E-state index in [2.05, 4.69) is 11.1 Å². The van der Waals surface area contributed by atoms with Crippen LogP contribution in [0, 0.1) is 6.92 Å². The zero-order valence-corrected chi connectivity index (χ0v) is 8.41. The molecule has 74 valence electrons. The molecule has 0 fully saturated rings. The first-order valence-corrected chi connectivity index (χ1v) is 4.96. The van der Waals surface area contributed by atoms with Crippen LogP contribution in [0.3, 0.4) is 0 Å². The third kappa shape index (κ3) is 1.05. The molecular weight excluding hydrogens is 186 g/mol. The summed E-state index contributed by atoms with van der Waals surface area (Å²) >= 11 is 0. The maximum atomic E-state index is 9.93. The standard InChI is InChI=1S/C13H11NO/c1-8-6-7-10-9-4-2-3-5-11(9)14-12(10)13(8)15/h2-7,14-15H,1H3. The van der Waals surface area contributed by atoms with Gasteiger partial charge in [0.1, 0.15) is 5.75 Å². The molecule has 2 N–H and O–H groups in total. The summed E-state index contributed by atoms with van der Waals surface area (Å²) in [6.45, 7) is 1.90. The first-order valence-electron chi connectivity index (χ1n) is 4.96. The predicted octanol–water partition coefficient (Wildman–Crippen LogP) is 3.34. The smallest absolute Gasteiger partial charge is 0.142 e. The summed E-state index contributed by atoms with van der Waals surface area (Å²) in [5.41, 5.74) is 2.79. The third-order valence-electron chi connectivity index (χ3n) is 2.86. The van der Waals surface area contributed by atoms with Crippen LogP contribution in [0.15, 0.2) is 36.4 Å². The van der Waals surface area contributed by atoms with Crippen molar-refractivity contribution in [2.24, 2.45) is 0 Å². The lowest BCUT2D eigenvalue weighted by Crippen LogP contribution is -1.75. The zero-order valence-electron chi connectivity index (χ0n) is 8.41. The molecule has 0 saturated heterocycles. The number of para-hydroxylation sites is 1. The van der Waals surface area contributed by atoms with Gasteiger partial charge in [-0.1, -0.05) is 30.3 Å². The summed E-state index contributed by atoms with van der Waals surface area (Å²) in [5.74, 6) is 0.351. The normalized spacial score (nSPS) is 11.3. The van der Waals surface area contributed by atoms with Gasteiger partial charge < -0.3 is 10.1 Å². The minimum absolute atomic E-state index is 0.351. The number of phenols is 1. The van der Waals surface area contributed by atoms with E-state index in [0.717, 1.165) is 27.4 Å². The van der Waals surface area contributed by atoms with Crippen molar-refractivity contribution >= 4 is 21.8 Å². The van der Waals surface area contributed by atoms with E-state index in [0.29, 0.717) is 5.75 Å². The molecule has 2 heteroatoms. The van der Waals surface area contributed by atoms with E-state index in [4.69, 9.17) is 0 Å². The van der Waals surface area contributed by atoms with Crippen molar-refractivity contribution in [3.05, 3.63) is 42.0 Å². The van der Waals surface area contributed by atoms with Gasteiger partial charge >= 0.3 is 0 Å². The number of aromatic nitrogens is 1. The van der Waals surface area contributed by atoms with Gasteiger partial charge in [-0.05, 0) is 18.6 Å². The van der Waals surface area contributed by atoms with Crippen molar-refractivity contribution in [2.45, 2.75) is 6.92 Å². The van der Waals surface area contributed by atoms with Crippen molar-refractivity contribution in [3.63, 3.8) is 0 Å². The summed E-state index contributed by atoms with van der Waals surface area (Å²) < 4.78 is 0. The van der Waals surface area contributed by atoms with Gasteiger partial charge in [0.05, 0.1) is 5.52 Å². The van der Waals surface area contributed by atoms with Gasteiger partial charge in [0, 0.05) is 16.3 Å². The molecule has 0 aliphatic heterocycles. The lowest BCUT2D eigenvalue weighted by atomic mass is 10.1. The molecule has 0 aliphatic rings. The van der Waals surface area contributed by atoms with E-state index in [1.54, 1.807) is 0 Å². The number of aromatic hydroxyl groups is 1. The number of aromatic amines is 1. The molecule has 1 aromatic heterocycles.